The van der Waals surface area contributed by atoms with Crippen molar-refractivity contribution in [2.24, 2.45) is 5.10 Å². The normalized spacial score (nSPS) is 12.7. The number of benzene rings is 2. The summed E-state index contributed by atoms with van der Waals surface area (Å²) in [5.74, 6) is 0.601. The molecule has 1 amide bonds. The Hall–Kier alpha value is -3.32. The van der Waals surface area contributed by atoms with Crippen LogP contribution in [0.1, 0.15) is 15.9 Å². The molecule has 26 heavy (non-hydrogen) atoms. The number of phenolic OH excluding ortho intramolecular Hbond substituents is 1. The van der Waals surface area contributed by atoms with Gasteiger partial charge in [-0.1, -0.05) is 23.7 Å². The second-order valence-corrected chi connectivity index (χ2v) is 5.84. The predicted octanol–water partition coefficient (Wildman–Crippen LogP) is 3.09. The Bertz CT molecular complexity index is 1050. The summed E-state index contributed by atoms with van der Waals surface area (Å²) in [5, 5.41) is 14.6. The van der Waals surface area contributed by atoms with E-state index < -0.39 is 5.91 Å². The van der Waals surface area contributed by atoms with Gasteiger partial charge >= 0.3 is 0 Å². The molecule has 8 heteroatoms. The lowest BCUT2D eigenvalue weighted by Crippen LogP contribution is -2.17. The number of nitrogens with zero attached hydrogens (tertiary/aromatic N) is 2. The van der Waals surface area contributed by atoms with Gasteiger partial charge in [-0.2, -0.15) is 5.10 Å². The lowest BCUT2D eigenvalue weighted by atomic mass is 10.1. The van der Waals surface area contributed by atoms with Gasteiger partial charge in [0.05, 0.1) is 17.3 Å². The summed E-state index contributed by atoms with van der Waals surface area (Å²) in [6, 6.07) is 11.5. The number of ether oxygens (including phenoxy) is 2. The van der Waals surface area contributed by atoms with E-state index in [0.29, 0.717) is 22.6 Å². The number of carbonyl (C=O) groups is 1. The Morgan fingerprint density at radius 2 is 2.00 bits per heavy atom. The highest BCUT2D eigenvalue weighted by Gasteiger charge is 2.16. The summed E-state index contributed by atoms with van der Waals surface area (Å²) < 4.78 is 10.7. The van der Waals surface area contributed by atoms with E-state index in [-0.39, 0.29) is 23.3 Å². The molecule has 0 spiro atoms. The van der Waals surface area contributed by atoms with Crippen LogP contribution in [0.15, 0.2) is 47.6 Å². The molecule has 1 aromatic heterocycles. The van der Waals surface area contributed by atoms with E-state index in [4.69, 9.17) is 21.1 Å². The van der Waals surface area contributed by atoms with Gasteiger partial charge in [0.1, 0.15) is 10.9 Å². The largest absolute Gasteiger partial charge is 0.507 e. The van der Waals surface area contributed by atoms with E-state index in [1.165, 1.54) is 18.3 Å². The average Bonchev–Trinajstić information content (AvgIpc) is 3.07. The number of aromatic nitrogens is 1. The summed E-state index contributed by atoms with van der Waals surface area (Å²) in [7, 11) is 0. The predicted molar refractivity (Wildman–Crippen MR) is 96.0 cm³/mol. The van der Waals surface area contributed by atoms with Crippen LogP contribution in [0.3, 0.4) is 0 Å². The molecule has 4 rings (SSSR count). The number of nitrogens with one attached hydrogen (secondary N) is 1. The molecule has 1 aliphatic heterocycles. The van der Waals surface area contributed by atoms with Crippen molar-refractivity contribution in [1.82, 2.24) is 10.4 Å². The zero-order chi connectivity index (χ0) is 18.1. The van der Waals surface area contributed by atoms with Gasteiger partial charge in [-0.05, 0) is 24.3 Å². The van der Waals surface area contributed by atoms with Gasteiger partial charge in [-0.3, -0.25) is 4.79 Å². The fourth-order valence-corrected chi connectivity index (χ4v) is 2.73. The van der Waals surface area contributed by atoms with Crippen molar-refractivity contribution in [2.45, 2.75) is 0 Å². The zero-order valence-electron chi connectivity index (χ0n) is 13.3. The van der Waals surface area contributed by atoms with Crippen LogP contribution in [0.25, 0.3) is 10.9 Å². The van der Waals surface area contributed by atoms with Crippen LogP contribution in [0.2, 0.25) is 5.15 Å². The molecular weight excluding hydrogens is 358 g/mol. The molecule has 1 aliphatic rings. The lowest BCUT2D eigenvalue weighted by molar-refractivity contribution is 0.0952. The number of hydrazone groups is 1. The number of para-hydroxylation sites is 1. The summed E-state index contributed by atoms with van der Waals surface area (Å²) in [5.41, 5.74) is 3.66. The minimum atomic E-state index is -0.535. The number of fused-ring (bicyclic) bond motifs is 2. The third-order valence-electron chi connectivity index (χ3n) is 3.81. The highest BCUT2D eigenvalue weighted by molar-refractivity contribution is 6.32. The van der Waals surface area contributed by atoms with Crippen LogP contribution >= 0.6 is 11.6 Å². The molecule has 0 unspecified atom stereocenters. The summed E-state index contributed by atoms with van der Waals surface area (Å²) in [4.78, 5) is 16.3. The van der Waals surface area contributed by atoms with E-state index in [9.17, 15) is 9.90 Å². The van der Waals surface area contributed by atoms with E-state index >= 15 is 0 Å². The van der Waals surface area contributed by atoms with Gasteiger partial charge in [0.25, 0.3) is 5.91 Å². The first kappa shape index (κ1) is 16.2. The number of aromatic hydroxyl groups is 1. The lowest BCUT2D eigenvalue weighted by Gasteiger charge is -2.04. The van der Waals surface area contributed by atoms with Crippen molar-refractivity contribution in [3.8, 4) is 17.2 Å². The number of amides is 1. The SMILES string of the molecule is O=C(N/N=C\c1cc2cc3c(cc2nc1Cl)OCO3)c1ccccc1O. The van der Waals surface area contributed by atoms with Crippen LogP contribution in [0, 0.1) is 0 Å². The molecule has 0 bridgehead atoms. The Morgan fingerprint density at radius 1 is 1.23 bits per heavy atom. The van der Waals surface area contributed by atoms with Crippen LogP contribution < -0.4 is 14.9 Å². The molecule has 7 nitrogen and oxygen atoms in total. The molecule has 3 aromatic rings. The Morgan fingerprint density at radius 3 is 2.81 bits per heavy atom. The number of hydrogen-bond donors (Lipinski definition) is 2. The van der Waals surface area contributed by atoms with Crippen molar-refractivity contribution < 1.29 is 19.4 Å². The van der Waals surface area contributed by atoms with E-state index in [1.807, 2.05) is 0 Å². The van der Waals surface area contributed by atoms with Crippen molar-refractivity contribution in [2.75, 3.05) is 6.79 Å². The first-order valence-electron chi connectivity index (χ1n) is 7.63. The monoisotopic (exact) mass is 369 g/mol. The van der Waals surface area contributed by atoms with Gasteiger partial charge in [-0.15, -0.1) is 0 Å². The molecule has 0 saturated carbocycles. The summed E-state index contributed by atoms with van der Waals surface area (Å²) in [6.45, 7) is 0.173. The Labute approximate surface area is 152 Å². The second-order valence-electron chi connectivity index (χ2n) is 5.48. The maximum absolute atomic E-state index is 12.0. The maximum atomic E-state index is 12.0. The quantitative estimate of drug-likeness (QED) is 0.420. The topological polar surface area (TPSA) is 93.0 Å². The zero-order valence-corrected chi connectivity index (χ0v) is 14.0. The number of halogens is 1. The molecule has 0 saturated heterocycles. The van der Waals surface area contributed by atoms with Crippen LogP contribution in [-0.4, -0.2) is 29.0 Å². The fourth-order valence-electron chi connectivity index (χ4n) is 2.53. The van der Waals surface area contributed by atoms with Gasteiger partial charge in [-0.25, -0.2) is 10.4 Å². The highest BCUT2D eigenvalue weighted by Crippen LogP contribution is 2.36. The van der Waals surface area contributed by atoms with Crippen molar-refractivity contribution in [1.29, 1.82) is 0 Å². The van der Waals surface area contributed by atoms with E-state index in [1.54, 1.807) is 30.3 Å². The second kappa shape index (κ2) is 6.53. The van der Waals surface area contributed by atoms with Crippen molar-refractivity contribution >= 4 is 34.6 Å². The Kier molecular flexibility index (Phi) is 4.06. The maximum Gasteiger partial charge on any atom is 0.275 e. The molecule has 0 atom stereocenters. The summed E-state index contributed by atoms with van der Waals surface area (Å²) >= 11 is 6.18. The molecule has 2 heterocycles. The number of rotatable bonds is 3. The number of hydrogen-bond acceptors (Lipinski definition) is 6. The number of pyridine rings is 1. The molecule has 130 valence electrons. The molecule has 2 N–H and O–H groups in total. The third kappa shape index (κ3) is 3.00. The third-order valence-corrected chi connectivity index (χ3v) is 4.11. The van der Waals surface area contributed by atoms with Crippen LogP contribution in [-0.2, 0) is 0 Å². The standard InChI is InChI=1S/C18H12ClN3O4/c19-17-11(8-20-22-18(24)12-3-1-2-4-14(12)23)5-10-6-15-16(26-9-25-15)7-13(10)21-17/h1-8,23H,9H2,(H,22,24)/b20-8-. The van der Waals surface area contributed by atoms with Crippen LogP contribution in [0.4, 0.5) is 0 Å². The highest BCUT2D eigenvalue weighted by atomic mass is 35.5. The Balaban J connectivity index is 1.57. The summed E-state index contributed by atoms with van der Waals surface area (Å²) in [6.07, 6.45) is 1.39. The average molecular weight is 370 g/mol. The van der Waals surface area contributed by atoms with Crippen molar-refractivity contribution in [3.63, 3.8) is 0 Å². The smallest absolute Gasteiger partial charge is 0.275 e. The van der Waals surface area contributed by atoms with E-state index in [0.717, 1.165) is 5.39 Å². The fraction of sp³-hybridized carbons (Fsp3) is 0.0556. The first-order valence-corrected chi connectivity index (χ1v) is 8.01. The minimum absolute atomic E-state index is 0.123. The van der Waals surface area contributed by atoms with Gasteiger partial charge in [0.15, 0.2) is 11.5 Å². The number of carbonyl (C=O) groups excluding carboxylic acids is 1. The molecule has 2 aromatic carbocycles. The van der Waals surface area contributed by atoms with Gasteiger partial charge in [0, 0.05) is 17.0 Å². The molecule has 0 radical (unpaired) electrons. The van der Waals surface area contributed by atoms with Gasteiger partial charge in [0.2, 0.25) is 6.79 Å². The first-order chi connectivity index (χ1) is 12.6. The van der Waals surface area contributed by atoms with Gasteiger partial charge < -0.3 is 14.6 Å². The number of phenols is 1. The van der Waals surface area contributed by atoms with E-state index in [2.05, 4.69) is 15.5 Å². The minimum Gasteiger partial charge on any atom is -0.507 e. The van der Waals surface area contributed by atoms with Crippen LogP contribution in [0.5, 0.6) is 17.2 Å². The molecule has 0 aliphatic carbocycles. The molecule has 0 fully saturated rings. The van der Waals surface area contributed by atoms with Crippen molar-refractivity contribution in [3.05, 3.63) is 58.7 Å². The molecular formula is C18H12ClN3O4.